The van der Waals surface area contributed by atoms with Crippen LogP contribution in [0.5, 0.6) is 0 Å². The zero-order chi connectivity index (χ0) is 51.6. The van der Waals surface area contributed by atoms with Crippen molar-refractivity contribution in [2.24, 2.45) is 0 Å². The number of ether oxygens (including phenoxy) is 12. The second kappa shape index (κ2) is 24.6. The van der Waals surface area contributed by atoms with Crippen molar-refractivity contribution in [3.63, 3.8) is 0 Å². The van der Waals surface area contributed by atoms with Crippen LogP contribution in [-0.2, 0) is 56.8 Å². The van der Waals surface area contributed by atoms with E-state index in [1.54, 1.807) is 0 Å². The van der Waals surface area contributed by atoms with E-state index in [-0.39, 0.29) is 0 Å². The number of aliphatic hydroxyl groups is 18. The van der Waals surface area contributed by atoms with Crippen LogP contribution >= 0.6 is 0 Å². The number of nitrogens with zero attached hydrogens (tertiary/aromatic N) is 1. The molecule has 0 amide bonds. The van der Waals surface area contributed by atoms with Gasteiger partial charge in [0.2, 0.25) is 0 Å². The van der Waals surface area contributed by atoms with Crippen molar-refractivity contribution in [3.05, 3.63) is 10.1 Å². The minimum Gasteiger partial charge on any atom is -0.394 e. The summed E-state index contributed by atoms with van der Waals surface area (Å²) in [5, 5.41) is 209. The van der Waals surface area contributed by atoms with Gasteiger partial charge in [-0.2, -0.15) is 0 Å². The third-order valence-corrected chi connectivity index (χ3v) is 12.7. The minimum absolute atomic E-state index is 0.999. The molecule has 19 N–H and O–H groups in total. The zero-order valence-corrected chi connectivity index (χ0v) is 36.2. The molecule has 22 fully saturated rings. The number of aliphatic hydroxyl groups excluding tert-OH is 18. The lowest BCUT2D eigenvalue weighted by molar-refractivity contribution is -0.742. The molecule has 12 bridgehead atoms. The highest BCUT2D eigenvalue weighted by atomic mass is 16.9. The molecule has 22 saturated heterocycles. The first-order chi connectivity index (χ1) is 33.2. The highest BCUT2D eigenvalue weighted by Gasteiger charge is 2.58. The fraction of sp³-hybridized carbons (Fsp3) is 1.00. The van der Waals surface area contributed by atoms with Crippen LogP contribution in [-0.4, -0.2) is 326 Å². The van der Waals surface area contributed by atoms with Crippen molar-refractivity contribution in [1.29, 1.82) is 0 Å². The summed E-state index contributed by atoms with van der Waals surface area (Å²) >= 11 is 0. The van der Waals surface area contributed by atoms with E-state index in [2.05, 4.69) is 0 Å². The second-order valence-corrected chi connectivity index (χ2v) is 17.1. The molecule has 0 spiro atoms. The van der Waals surface area contributed by atoms with E-state index in [4.69, 9.17) is 72.2 Å². The van der Waals surface area contributed by atoms with Gasteiger partial charge in [0.25, 0.3) is 5.09 Å². The first-order valence-corrected chi connectivity index (χ1v) is 21.7. The predicted molar refractivity (Wildman–Crippen MR) is 205 cm³/mol. The number of rotatable bonds is 6. The fourth-order valence-electron chi connectivity index (χ4n) is 8.93. The molecule has 30 atom stereocenters. The maximum Gasteiger partial charge on any atom is 0.291 e. The van der Waals surface area contributed by atoms with Crippen LogP contribution in [0.1, 0.15) is 0 Å². The second-order valence-electron chi connectivity index (χ2n) is 17.1. The molecular formula is C36H61NO33. The quantitative estimate of drug-likeness (QED) is 0.0867. The first-order valence-electron chi connectivity index (χ1n) is 21.7. The monoisotopic (exact) mass is 1040 g/mol. The summed E-state index contributed by atoms with van der Waals surface area (Å²) in [4.78, 5) is 8.36. The van der Waals surface area contributed by atoms with Crippen molar-refractivity contribution in [2.75, 3.05) is 39.6 Å². The summed E-state index contributed by atoms with van der Waals surface area (Å²) in [6.45, 7) is -5.99. The number of hydrogen-bond donors (Lipinski definition) is 19. The minimum atomic E-state index is -2.15. The van der Waals surface area contributed by atoms with Crippen LogP contribution in [0.25, 0.3) is 0 Å². The molecule has 0 aromatic carbocycles. The average molecular weight is 1040 g/mol. The Balaban J connectivity index is 0.00000193. The van der Waals surface area contributed by atoms with E-state index in [1.165, 1.54) is 0 Å². The number of hydrogen-bond acceptors (Lipinski definition) is 32. The predicted octanol–water partition coefficient (Wildman–Crippen LogP) is -13.4. The Morgan fingerprint density at radius 1 is 0.271 bits per heavy atom. The van der Waals surface area contributed by atoms with Gasteiger partial charge in [-0.1, -0.05) is 0 Å². The van der Waals surface area contributed by atoms with E-state index >= 15 is 0 Å². The third-order valence-electron chi connectivity index (χ3n) is 12.7. The maximum absolute atomic E-state index is 11.2. The molecule has 408 valence electrons. The molecule has 0 radical (unpaired) electrons. The Labute approximate surface area is 393 Å². The zero-order valence-electron chi connectivity index (χ0n) is 36.2. The van der Waals surface area contributed by atoms with Crippen LogP contribution < -0.4 is 0 Å². The molecule has 34 nitrogen and oxygen atoms in total. The SMILES string of the molecule is O=[N+]([O-])O.OC[C@H]1O[C@@H]2O[C@H]3[C@H](O)[C@@H](O)[C@@H](O[C@H]4[C@H](O)[C@@H](O)[C@@H](O[C@H]5[C@H](O)[C@@H](O)[C@@H](O[C@H]6[C@H](O)[C@@H](O)[C@@H](O[C@H]7[C@H](O)[C@@H](O)[C@@H](O[C@H]1[C@H](O)[C@H]2O)O[C@@H]7CO)O[C@@H]6CO)O[C@@H]5CO)O[C@@H]4CO)O[C@@H]3CO. The van der Waals surface area contributed by atoms with E-state index in [1.807, 2.05) is 0 Å². The van der Waals surface area contributed by atoms with Gasteiger partial charge in [0.05, 0.1) is 39.6 Å². The van der Waals surface area contributed by atoms with Crippen LogP contribution in [0.4, 0.5) is 0 Å². The molecule has 0 aromatic heterocycles. The van der Waals surface area contributed by atoms with Crippen molar-refractivity contribution in [2.45, 2.75) is 184 Å². The normalized spacial score (nSPS) is 52.5. The smallest absolute Gasteiger partial charge is 0.291 e. The Kier molecular flexibility index (Phi) is 20.1. The van der Waals surface area contributed by atoms with E-state index < -0.39 is 229 Å². The molecule has 0 saturated carbocycles. The van der Waals surface area contributed by atoms with Gasteiger partial charge < -0.3 is 154 Å². The van der Waals surface area contributed by atoms with Crippen molar-refractivity contribution in [3.8, 4) is 0 Å². The van der Waals surface area contributed by atoms with E-state index in [0.717, 1.165) is 0 Å². The molecule has 22 heterocycles. The molecule has 0 aliphatic carbocycles. The highest BCUT2D eigenvalue weighted by molar-refractivity contribution is 5.01. The molecule has 0 unspecified atom stereocenters. The molecule has 34 heteroatoms. The summed E-state index contributed by atoms with van der Waals surface area (Å²) in [6.07, 6.45) is -58.5. The van der Waals surface area contributed by atoms with Crippen molar-refractivity contribution in [1.82, 2.24) is 0 Å². The van der Waals surface area contributed by atoms with E-state index in [9.17, 15) is 91.9 Å². The lowest BCUT2D eigenvalue weighted by atomic mass is 9.94. The summed E-state index contributed by atoms with van der Waals surface area (Å²) in [5.74, 6) is 0. The Morgan fingerprint density at radius 2 is 0.386 bits per heavy atom. The van der Waals surface area contributed by atoms with Gasteiger partial charge in [0.15, 0.2) is 37.7 Å². The highest BCUT2D eigenvalue weighted by Crippen LogP contribution is 2.38. The summed E-state index contributed by atoms with van der Waals surface area (Å²) < 4.78 is 67.9. The van der Waals surface area contributed by atoms with Crippen LogP contribution in [0, 0.1) is 10.1 Å². The Hall–Kier alpha value is -2.00. The Morgan fingerprint density at radius 3 is 0.486 bits per heavy atom. The molecule has 22 rings (SSSR count). The van der Waals surface area contributed by atoms with Gasteiger partial charge >= 0.3 is 0 Å². The van der Waals surface area contributed by atoms with E-state index in [0.29, 0.717) is 0 Å². The van der Waals surface area contributed by atoms with Gasteiger partial charge in [-0.25, -0.2) is 0 Å². The summed E-state index contributed by atoms with van der Waals surface area (Å²) in [5.41, 5.74) is 0. The molecule has 22 aliphatic rings. The van der Waals surface area contributed by atoms with Gasteiger partial charge in [-0.15, -0.1) is 10.1 Å². The summed E-state index contributed by atoms with van der Waals surface area (Å²) in [6, 6.07) is 0. The Bertz CT molecular complexity index is 1340. The summed E-state index contributed by atoms with van der Waals surface area (Å²) in [7, 11) is 0. The van der Waals surface area contributed by atoms with Gasteiger partial charge in [0, 0.05) is 0 Å². The molecule has 0 aromatic rings. The lowest BCUT2D eigenvalue weighted by Gasteiger charge is -2.50. The lowest BCUT2D eigenvalue weighted by Crippen LogP contribution is -2.69. The largest absolute Gasteiger partial charge is 0.394 e. The standard InChI is InChI=1S/C36H60O30.HNO3/c37-1-7-25-13(43)19(49)31(55-7)62-26-8(2-38)57-33(21(51)15(26)45)64-28-10(4-40)59-35(23(53)17(28)47)66-30-12(6-42)60-36(24(54)18(30)48)65-29-11(5-41)58-34(22(52)16(29)46)63-27-9(3-39)56-32(61-25)20(50)14(27)44;2-1(3)4/h7-54H,1-6H2;(H,2,3,4)/t7-,8-,9-,10-,11-,12-,13-,14-,15-,16-,17-,18-,19-,20-,21-,22-,23-,24-,25-,26-,27-,28-,29-,30-,31-,32-,33-,34-,35-,36-;/m1./s1. The fourth-order valence-corrected chi connectivity index (χ4v) is 8.93. The average Bonchev–Trinajstić information content (AvgIpc) is 3.33. The van der Waals surface area contributed by atoms with Crippen molar-refractivity contribution >= 4 is 0 Å². The van der Waals surface area contributed by atoms with Gasteiger partial charge in [-0.3, -0.25) is 0 Å². The molecular weight excluding hydrogens is 974 g/mol. The molecule has 70 heavy (non-hydrogen) atoms. The van der Waals surface area contributed by atoms with Gasteiger partial charge in [-0.05, 0) is 0 Å². The maximum atomic E-state index is 11.2. The first kappa shape index (κ1) is 57.3. The van der Waals surface area contributed by atoms with Gasteiger partial charge in [0.1, 0.15) is 146 Å². The third kappa shape index (κ3) is 11.8. The van der Waals surface area contributed by atoms with Crippen LogP contribution in [0.2, 0.25) is 0 Å². The van der Waals surface area contributed by atoms with Crippen LogP contribution in [0.15, 0.2) is 0 Å². The van der Waals surface area contributed by atoms with Crippen LogP contribution in [0.3, 0.4) is 0 Å². The van der Waals surface area contributed by atoms with Crippen molar-refractivity contribution < 1.29 is 159 Å². The molecule has 22 aliphatic heterocycles. The topological polar surface area (TPSA) is 538 Å².